The monoisotopic (exact) mass is 455 g/mol. The molecular formula is C24H29N3O4S. The highest BCUT2D eigenvalue weighted by atomic mass is 32.1. The van der Waals surface area contributed by atoms with Crippen LogP contribution in [0.2, 0.25) is 0 Å². The van der Waals surface area contributed by atoms with Crippen LogP contribution in [0.1, 0.15) is 11.1 Å². The summed E-state index contributed by atoms with van der Waals surface area (Å²) in [7, 11) is 1.59. The van der Waals surface area contributed by atoms with E-state index in [1.54, 1.807) is 29.4 Å². The zero-order chi connectivity index (χ0) is 22.5. The average Bonchev–Trinajstić information content (AvgIpc) is 3.27. The second-order valence-corrected chi connectivity index (χ2v) is 8.79. The lowest BCUT2D eigenvalue weighted by Gasteiger charge is -2.29. The highest BCUT2D eigenvalue weighted by molar-refractivity contribution is 7.22. The number of rotatable bonds is 8. The lowest BCUT2D eigenvalue weighted by molar-refractivity contribution is -0.120. The van der Waals surface area contributed by atoms with E-state index < -0.39 is 0 Å². The Kier molecular flexibility index (Phi) is 7.24. The third kappa shape index (κ3) is 5.03. The molecular weight excluding hydrogens is 426 g/mol. The summed E-state index contributed by atoms with van der Waals surface area (Å²) in [5, 5.41) is 0.708. The number of methoxy groups -OCH3 is 1. The molecule has 4 rings (SSSR count). The van der Waals surface area contributed by atoms with E-state index in [2.05, 4.69) is 30.9 Å². The molecule has 8 heteroatoms. The molecule has 1 fully saturated rings. The number of carbonyl (C=O) groups is 1. The first-order valence-electron chi connectivity index (χ1n) is 10.8. The van der Waals surface area contributed by atoms with E-state index in [1.807, 2.05) is 18.2 Å². The summed E-state index contributed by atoms with van der Waals surface area (Å²) in [6.45, 7) is 8.55. The van der Waals surface area contributed by atoms with Gasteiger partial charge in [-0.2, -0.15) is 0 Å². The summed E-state index contributed by atoms with van der Waals surface area (Å²) in [5.74, 6) is 1.03. The van der Waals surface area contributed by atoms with Gasteiger partial charge in [-0.1, -0.05) is 35.6 Å². The standard InChI is InChI=1S/C24H29N3O4S/c1-17-8-9-18(2)23-22(17)25-24(32-23)27(11-10-26-12-14-30-15-13-26)21(28)16-31-20-7-5-4-6-19(20)29-3/h4-9H,10-16H2,1-3H3. The van der Waals surface area contributed by atoms with E-state index in [1.165, 1.54) is 5.56 Å². The Morgan fingerprint density at radius 2 is 1.84 bits per heavy atom. The molecule has 0 saturated carbocycles. The first kappa shape index (κ1) is 22.5. The molecule has 0 bridgehead atoms. The van der Waals surface area contributed by atoms with Crippen LogP contribution in [0.15, 0.2) is 36.4 Å². The number of aryl methyl sites for hydroxylation is 2. The van der Waals surface area contributed by atoms with Crippen LogP contribution in [-0.4, -0.2) is 68.9 Å². The second kappa shape index (κ2) is 10.3. The van der Waals surface area contributed by atoms with Crippen LogP contribution in [0.25, 0.3) is 10.2 Å². The number of ether oxygens (including phenoxy) is 3. The average molecular weight is 456 g/mol. The van der Waals surface area contributed by atoms with E-state index in [0.717, 1.165) is 48.6 Å². The summed E-state index contributed by atoms with van der Waals surface area (Å²) in [6.07, 6.45) is 0. The SMILES string of the molecule is COc1ccccc1OCC(=O)N(CCN1CCOCC1)c1nc2c(C)ccc(C)c2s1. The molecule has 0 N–H and O–H groups in total. The van der Waals surface area contributed by atoms with E-state index >= 15 is 0 Å². The first-order chi connectivity index (χ1) is 15.6. The number of thiazole rings is 1. The molecule has 0 unspecified atom stereocenters. The van der Waals surface area contributed by atoms with Crippen molar-refractivity contribution in [1.82, 2.24) is 9.88 Å². The molecule has 0 atom stereocenters. The fraction of sp³-hybridized carbons (Fsp3) is 0.417. The zero-order valence-electron chi connectivity index (χ0n) is 18.8. The van der Waals surface area contributed by atoms with Crippen LogP contribution in [0.3, 0.4) is 0 Å². The van der Waals surface area contributed by atoms with Crippen molar-refractivity contribution in [2.45, 2.75) is 13.8 Å². The van der Waals surface area contributed by atoms with Crippen LogP contribution < -0.4 is 14.4 Å². The molecule has 2 heterocycles. The zero-order valence-corrected chi connectivity index (χ0v) is 19.6. The second-order valence-electron chi connectivity index (χ2n) is 7.81. The van der Waals surface area contributed by atoms with Crippen molar-refractivity contribution in [1.29, 1.82) is 0 Å². The fourth-order valence-electron chi connectivity index (χ4n) is 3.71. The Morgan fingerprint density at radius 1 is 1.12 bits per heavy atom. The van der Waals surface area contributed by atoms with Crippen molar-refractivity contribution in [3.63, 3.8) is 0 Å². The lowest BCUT2D eigenvalue weighted by Crippen LogP contribution is -2.44. The van der Waals surface area contributed by atoms with E-state index in [0.29, 0.717) is 23.2 Å². The molecule has 32 heavy (non-hydrogen) atoms. The Balaban J connectivity index is 1.56. The number of amides is 1. The van der Waals surface area contributed by atoms with Crippen LogP contribution in [0.4, 0.5) is 5.13 Å². The van der Waals surface area contributed by atoms with Gasteiger partial charge in [0.25, 0.3) is 5.91 Å². The highest BCUT2D eigenvalue weighted by Gasteiger charge is 2.23. The number of para-hydroxylation sites is 2. The molecule has 1 aliphatic rings. The maximum Gasteiger partial charge on any atom is 0.266 e. The van der Waals surface area contributed by atoms with E-state index in [-0.39, 0.29) is 12.5 Å². The number of fused-ring (bicyclic) bond motifs is 1. The Labute approximate surface area is 192 Å². The maximum atomic E-state index is 13.3. The molecule has 1 amide bonds. The van der Waals surface area contributed by atoms with Crippen molar-refractivity contribution in [3.8, 4) is 11.5 Å². The quantitative estimate of drug-likeness (QED) is 0.517. The number of nitrogens with zero attached hydrogens (tertiary/aromatic N) is 3. The number of aromatic nitrogens is 1. The molecule has 0 radical (unpaired) electrons. The van der Waals surface area contributed by atoms with Gasteiger partial charge in [-0.15, -0.1) is 0 Å². The molecule has 1 saturated heterocycles. The van der Waals surface area contributed by atoms with Crippen molar-refractivity contribution < 1.29 is 19.0 Å². The van der Waals surface area contributed by atoms with Gasteiger partial charge in [0, 0.05) is 26.2 Å². The summed E-state index contributed by atoms with van der Waals surface area (Å²) in [6, 6.07) is 11.5. The topological polar surface area (TPSA) is 64.1 Å². The van der Waals surface area contributed by atoms with Gasteiger partial charge >= 0.3 is 0 Å². The minimum atomic E-state index is -0.126. The number of benzene rings is 2. The Hall–Kier alpha value is -2.68. The number of morpholine rings is 1. The van der Waals surface area contributed by atoms with Gasteiger partial charge in [0.05, 0.1) is 30.5 Å². The molecule has 0 aliphatic carbocycles. The Bertz CT molecular complexity index is 1040. The van der Waals surface area contributed by atoms with Gasteiger partial charge < -0.3 is 14.2 Å². The van der Waals surface area contributed by atoms with Gasteiger partial charge in [0.2, 0.25) is 0 Å². The van der Waals surface area contributed by atoms with Gasteiger partial charge in [0.1, 0.15) is 0 Å². The normalized spacial score (nSPS) is 14.5. The van der Waals surface area contributed by atoms with Crippen molar-refractivity contribution in [3.05, 3.63) is 47.5 Å². The number of carbonyl (C=O) groups excluding carboxylic acids is 1. The minimum absolute atomic E-state index is 0.0859. The molecule has 1 aliphatic heterocycles. The maximum absolute atomic E-state index is 13.3. The molecule has 0 spiro atoms. The smallest absolute Gasteiger partial charge is 0.266 e. The van der Waals surface area contributed by atoms with Crippen molar-refractivity contribution >= 4 is 32.6 Å². The first-order valence-corrected chi connectivity index (χ1v) is 11.6. The fourth-order valence-corrected chi connectivity index (χ4v) is 4.87. The third-order valence-electron chi connectivity index (χ3n) is 5.63. The van der Waals surface area contributed by atoms with E-state index in [9.17, 15) is 4.79 Å². The van der Waals surface area contributed by atoms with Crippen LogP contribution in [0, 0.1) is 13.8 Å². The van der Waals surface area contributed by atoms with Crippen LogP contribution in [-0.2, 0) is 9.53 Å². The largest absolute Gasteiger partial charge is 0.493 e. The Morgan fingerprint density at radius 3 is 2.56 bits per heavy atom. The molecule has 1 aromatic heterocycles. The molecule has 170 valence electrons. The summed E-state index contributed by atoms with van der Waals surface area (Å²) < 4.78 is 17.7. The molecule has 3 aromatic rings. The predicted molar refractivity (Wildman–Crippen MR) is 127 cm³/mol. The van der Waals surface area contributed by atoms with Gasteiger partial charge in [-0.05, 0) is 37.1 Å². The van der Waals surface area contributed by atoms with Crippen LogP contribution >= 0.6 is 11.3 Å². The number of anilines is 1. The van der Waals surface area contributed by atoms with Crippen LogP contribution in [0.5, 0.6) is 11.5 Å². The summed E-state index contributed by atoms with van der Waals surface area (Å²) in [5.41, 5.74) is 3.24. The van der Waals surface area contributed by atoms with Crippen molar-refractivity contribution in [2.75, 3.05) is 58.0 Å². The number of hydrogen-bond donors (Lipinski definition) is 0. The van der Waals surface area contributed by atoms with Crippen molar-refractivity contribution in [2.24, 2.45) is 0 Å². The summed E-state index contributed by atoms with van der Waals surface area (Å²) in [4.78, 5) is 22.2. The number of hydrogen-bond acceptors (Lipinski definition) is 7. The van der Waals surface area contributed by atoms with Gasteiger partial charge in [0.15, 0.2) is 23.2 Å². The third-order valence-corrected chi connectivity index (χ3v) is 6.84. The predicted octanol–water partition coefficient (Wildman–Crippen LogP) is 3.67. The van der Waals surface area contributed by atoms with Gasteiger partial charge in [-0.25, -0.2) is 4.98 Å². The van der Waals surface area contributed by atoms with Gasteiger partial charge in [-0.3, -0.25) is 14.6 Å². The van der Waals surface area contributed by atoms with E-state index in [4.69, 9.17) is 19.2 Å². The molecule has 7 nitrogen and oxygen atoms in total. The highest BCUT2D eigenvalue weighted by Crippen LogP contribution is 2.33. The minimum Gasteiger partial charge on any atom is -0.493 e. The molecule has 2 aromatic carbocycles. The summed E-state index contributed by atoms with van der Waals surface area (Å²) >= 11 is 1.56. The lowest BCUT2D eigenvalue weighted by atomic mass is 10.1.